The second kappa shape index (κ2) is 4.44. The van der Waals surface area contributed by atoms with Crippen LogP contribution in [0, 0.1) is 5.82 Å². The van der Waals surface area contributed by atoms with Gasteiger partial charge in [0, 0.05) is 12.0 Å². The molecule has 0 fully saturated rings. The van der Waals surface area contributed by atoms with Crippen molar-refractivity contribution in [3.63, 3.8) is 0 Å². The van der Waals surface area contributed by atoms with Crippen LogP contribution in [0.1, 0.15) is 31.9 Å². The van der Waals surface area contributed by atoms with Gasteiger partial charge in [0.05, 0.1) is 18.2 Å². The summed E-state index contributed by atoms with van der Waals surface area (Å²) in [5.41, 5.74) is 3.17. The van der Waals surface area contributed by atoms with E-state index in [1.165, 1.54) is 19.2 Å². The predicted molar refractivity (Wildman–Crippen MR) is 63.6 cm³/mol. The highest BCUT2D eigenvalue weighted by molar-refractivity contribution is 6.32. The zero-order valence-electron chi connectivity index (χ0n) is 10.0. The Morgan fingerprint density at radius 3 is 2.88 bits per heavy atom. The molecule has 1 N–H and O–H groups in total. The molecule has 1 aliphatic heterocycles. The Hall–Kier alpha value is -0.840. The molecule has 0 radical (unpaired) electrons. The average Bonchev–Trinajstić information content (AvgIpc) is 2.19. The van der Waals surface area contributed by atoms with Gasteiger partial charge in [-0.25, -0.2) is 4.39 Å². The first kappa shape index (κ1) is 12.6. The molecule has 1 aliphatic rings. The summed E-state index contributed by atoms with van der Waals surface area (Å²) in [7, 11) is 1.53. The Bertz CT molecular complexity index is 437. The van der Waals surface area contributed by atoms with Gasteiger partial charge in [-0.05, 0) is 26.0 Å². The smallest absolute Gasteiger partial charge is 0.143 e. The third-order valence-corrected chi connectivity index (χ3v) is 3.03. The molecule has 0 aliphatic carbocycles. The fourth-order valence-corrected chi connectivity index (χ4v) is 2.37. The number of benzene rings is 1. The van der Waals surface area contributed by atoms with E-state index in [0.29, 0.717) is 17.7 Å². The highest BCUT2D eigenvalue weighted by Gasteiger charge is 2.35. The molecule has 1 aromatic carbocycles. The van der Waals surface area contributed by atoms with Crippen LogP contribution < -0.4 is 10.2 Å². The van der Waals surface area contributed by atoms with Crippen LogP contribution in [0.4, 0.5) is 4.39 Å². The summed E-state index contributed by atoms with van der Waals surface area (Å²) < 4.78 is 19.1. The first-order chi connectivity index (χ1) is 7.93. The van der Waals surface area contributed by atoms with Gasteiger partial charge < -0.3 is 9.57 Å². The molecule has 1 aromatic rings. The standard InChI is InChI=1S/C12H15ClFNO2/c1-12(2)6-10(15-16-3)8-4-7(14)5-9(13)11(8)17-12/h4-5,10,15H,6H2,1-3H3. The lowest BCUT2D eigenvalue weighted by Crippen LogP contribution is -2.39. The van der Waals surface area contributed by atoms with Crippen molar-refractivity contribution in [3.05, 3.63) is 28.5 Å². The van der Waals surface area contributed by atoms with Crippen LogP contribution in [0.25, 0.3) is 0 Å². The van der Waals surface area contributed by atoms with Gasteiger partial charge in [0.2, 0.25) is 0 Å². The molecule has 1 unspecified atom stereocenters. The van der Waals surface area contributed by atoms with E-state index in [9.17, 15) is 4.39 Å². The van der Waals surface area contributed by atoms with Gasteiger partial charge in [-0.1, -0.05) is 11.6 Å². The Labute approximate surface area is 105 Å². The van der Waals surface area contributed by atoms with Gasteiger partial charge in [0.25, 0.3) is 0 Å². The third kappa shape index (κ3) is 2.54. The van der Waals surface area contributed by atoms with Crippen molar-refractivity contribution < 1.29 is 14.0 Å². The highest BCUT2D eigenvalue weighted by Crippen LogP contribution is 2.43. The maximum atomic E-state index is 13.4. The van der Waals surface area contributed by atoms with E-state index in [0.717, 1.165) is 0 Å². The van der Waals surface area contributed by atoms with Gasteiger partial charge >= 0.3 is 0 Å². The second-order valence-corrected chi connectivity index (χ2v) is 5.15. The molecule has 0 saturated carbocycles. The number of hydrogen-bond acceptors (Lipinski definition) is 3. The number of rotatable bonds is 2. The van der Waals surface area contributed by atoms with Crippen molar-refractivity contribution in [2.75, 3.05) is 7.11 Å². The van der Waals surface area contributed by atoms with Crippen LogP contribution in [-0.2, 0) is 4.84 Å². The second-order valence-electron chi connectivity index (χ2n) is 4.75. The zero-order chi connectivity index (χ0) is 12.6. The van der Waals surface area contributed by atoms with Gasteiger partial charge in [0.15, 0.2) is 0 Å². The molecule has 1 heterocycles. The normalized spacial score (nSPS) is 21.8. The molecule has 5 heteroatoms. The monoisotopic (exact) mass is 259 g/mol. The summed E-state index contributed by atoms with van der Waals surface area (Å²) >= 11 is 6.01. The van der Waals surface area contributed by atoms with Crippen molar-refractivity contribution >= 4 is 11.6 Å². The minimum atomic E-state index is -0.375. The van der Waals surface area contributed by atoms with E-state index in [1.54, 1.807) is 0 Å². The Balaban J connectivity index is 2.48. The first-order valence-electron chi connectivity index (χ1n) is 5.39. The summed E-state index contributed by atoms with van der Waals surface area (Å²) in [6.07, 6.45) is 0.674. The number of hydrogen-bond donors (Lipinski definition) is 1. The first-order valence-corrected chi connectivity index (χ1v) is 5.77. The van der Waals surface area contributed by atoms with E-state index in [-0.39, 0.29) is 22.5 Å². The third-order valence-electron chi connectivity index (χ3n) is 2.75. The molecule has 0 spiro atoms. The molecular weight excluding hydrogens is 245 g/mol. The van der Waals surface area contributed by atoms with Crippen LogP contribution in [0.15, 0.2) is 12.1 Å². The lowest BCUT2D eigenvalue weighted by Gasteiger charge is -2.37. The van der Waals surface area contributed by atoms with Crippen molar-refractivity contribution in [2.45, 2.75) is 31.9 Å². The SMILES string of the molecule is CONC1CC(C)(C)Oc2c(Cl)cc(F)cc21. The van der Waals surface area contributed by atoms with Crippen LogP contribution in [0.3, 0.4) is 0 Å². The van der Waals surface area contributed by atoms with E-state index < -0.39 is 0 Å². The number of halogens is 2. The van der Waals surface area contributed by atoms with Crippen LogP contribution in [0.2, 0.25) is 5.02 Å². The Morgan fingerprint density at radius 1 is 1.53 bits per heavy atom. The van der Waals surface area contributed by atoms with Crippen molar-refractivity contribution in [2.24, 2.45) is 0 Å². The van der Waals surface area contributed by atoms with Crippen molar-refractivity contribution in [3.8, 4) is 5.75 Å². The van der Waals surface area contributed by atoms with Crippen LogP contribution in [0.5, 0.6) is 5.75 Å². The fourth-order valence-electron chi connectivity index (χ4n) is 2.11. The van der Waals surface area contributed by atoms with E-state index >= 15 is 0 Å². The molecule has 0 amide bonds. The fraction of sp³-hybridized carbons (Fsp3) is 0.500. The topological polar surface area (TPSA) is 30.5 Å². The van der Waals surface area contributed by atoms with Crippen LogP contribution in [-0.4, -0.2) is 12.7 Å². The maximum Gasteiger partial charge on any atom is 0.143 e. The molecule has 1 atom stereocenters. The lowest BCUT2D eigenvalue weighted by molar-refractivity contribution is 0.00286. The summed E-state index contributed by atoms with van der Waals surface area (Å²) in [5, 5.41) is 0.288. The largest absolute Gasteiger partial charge is 0.486 e. The number of ether oxygens (including phenoxy) is 1. The van der Waals surface area contributed by atoms with Gasteiger partial charge in [-0.3, -0.25) is 0 Å². The zero-order valence-corrected chi connectivity index (χ0v) is 10.8. The number of hydroxylamine groups is 1. The molecule has 3 nitrogen and oxygen atoms in total. The van der Waals surface area contributed by atoms with E-state index in [4.69, 9.17) is 21.2 Å². The van der Waals surface area contributed by atoms with Gasteiger partial charge in [-0.15, -0.1) is 0 Å². The number of nitrogens with one attached hydrogen (secondary N) is 1. The molecule has 2 rings (SSSR count). The summed E-state index contributed by atoms with van der Waals surface area (Å²) in [5.74, 6) is 0.152. The van der Waals surface area contributed by atoms with Gasteiger partial charge in [0.1, 0.15) is 17.2 Å². The van der Waals surface area contributed by atoms with Crippen molar-refractivity contribution in [1.82, 2.24) is 5.48 Å². The predicted octanol–water partition coefficient (Wildman–Crippen LogP) is 3.23. The number of fused-ring (bicyclic) bond motifs is 1. The summed E-state index contributed by atoms with van der Waals surface area (Å²) in [4.78, 5) is 4.94. The molecular formula is C12H15ClFNO2. The Kier molecular flexibility index (Phi) is 3.30. The van der Waals surface area contributed by atoms with E-state index in [2.05, 4.69) is 5.48 Å². The Morgan fingerprint density at radius 2 is 2.24 bits per heavy atom. The molecule has 17 heavy (non-hydrogen) atoms. The minimum Gasteiger partial charge on any atom is -0.486 e. The van der Waals surface area contributed by atoms with Crippen LogP contribution >= 0.6 is 11.6 Å². The average molecular weight is 260 g/mol. The molecule has 94 valence electrons. The highest BCUT2D eigenvalue weighted by atomic mass is 35.5. The molecule has 0 bridgehead atoms. The maximum absolute atomic E-state index is 13.4. The van der Waals surface area contributed by atoms with Gasteiger partial charge in [-0.2, -0.15) is 5.48 Å². The quantitative estimate of drug-likeness (QED) is 0.827. The van der Waals surface area contributed by atoms with E-state index in [1.807, 2.05) is 13.8 Å². The van der Waals surface area contributed by atoms with Crippen molar-refractivity contribution in [1.29, 1.82) is 0 Å². The summed E-state index contributed by atoms with van der Waals surface area (Å²) in [6.45, 7) is 3.92. The lowest BCUT2D eigenvalue weighted by atomic mass is 9.90. The molecule has 0 aromatic heterocycles. The minimum absolute atomic E-state index is 0.132. The summed E-state index contributed by atoms with van der Waals surface area (Å²) in [6, 6.07) is 2.55. The molecule has 0 saturated heterocycles.